The van der Waals surface area contributed by atoms with Crippen LogP contribution in [0.2, 0.25) is 0 Å². The minimum atomic E-state index is -0.544. The summed E-state index contributed by atoms with van der Waals surface area (Å²) >= 11 is 0. The summed E-state index contributed by atoms with van der Waals surface area (Å²) in [6.07, 6.45) is 3.05. The number of H-pyrrole nitrogens is 1. The Morgan fingerprint density at radius 1 is 1.44 bits per heavy atom. The molecule has 2 aromatic rings. The van der Waals surface area contributed by atoms with E-state index in [2.05, 4.69) is 9.97 Å². The van der Waals surface area contributed by atoms with Crippen molar-refractivity contribution in [3.8, 4) is 5.75 Å². The van der Waals surface area contributed by atoms with E-state index in [-0.39, 0.29) is 0 Å². The summed E-state index contributed by atoms with van der Waals surface area (Å²) in [4.78, 5) is 29.6. The van der Waals surface area contributed by atoms with E-state index >= 15 is 0 Å². The molecule has 0 atom stereocenters. The molecule has 0 bridgehead atoms. The number of carbonyl (C=O) groups excluding carboxylic acids is 2. The number of fused-ring (bicyclic) bond motifs is 1. The molecule has 0 aromatic carbocycles. The number of nitrogens with zero attached hydrogens (tertiary/aromatic N) is 1. The lowest BCUT2D eigenvalue weighted by atomic mass is 10.1. The average molecular weight is 218 g/mol. The zero-order valence-electron chi connectivity index (χ0n) is 8.90. The molecule has 2 aromatic heterocycles. The van der Waals surface area contributed by atoms with Crippen LogP contribution in [0.3, 0.4) is 0 Å². The predicted molar refractivity (Wildman–Crippen MR) is 57.7 cm³/mol. The monoisotopic (exact) mass is 218 g/mol. The summed E-state index contributed by atoms with van der Waals surface area (Å²) in [7, 11) is 1.50. The van der Waals surface area contributed by atoms with Crippen LogP contribution in [0.15, 0.2) is 18.5 Å². The Labute approximate surface area is 91.4 Å². The van der Waals surface area contributed by atoms with Crippen molar-refractivity contribution in [2.75, 3.05) is 7.11 Å². The van der Waals surface area contributed by atoms with Gasteiger partial charge in [-0.05, 0) is 6.07 Å². The van der Waals surface area contributed by atoms with Gasteiger partial charge in [0.15, 0.2) is 5.78 Å². The van der Waals surface area contributed by atoms with E-state index in [1.807, 2.05) is 0 Å². The topological polar surface area (TPSA) is 72.0 Å². The van der Waals surface area contributed by atoms with Gasteiger partial charge in [-0.2, -0.15) is 0 Å². The lowest BCUT2D eigenvalue weighted by molar-refractivity contribution is -0.113. The molecule has 0 fully saturated rings. The van der Waals surface area contributed by atoms with E-state index in [1.165, 1.54) is 20.2 Å². The van der Waals surface area contributed by atoms with Crippen LogP contribution in [-0.4, -0.2) is 28.6 Å². The molecule has 16 heavy (non-hydrogen) atoms. The zero-order valence-corrected chi connectivity index (χ0v) is 8.90. The molecule has 0 saturated heterocycles. The van der Waals surface area contributed by atoms with Crippen LogP contribution in [0.4, 0.5) is 0 Å². The van der Waals surface area contributed by atoms with Crippen molar-refractivity contribution in [1.82, 2.24) is 9.97 Å². The molecule has 5 heteroatoms. The minimum Gasteiger partial charge on any atom is -0.496 e. The van der Waals surface area contributed by atoms with E-state index < -0.39 is 11.6 Å². The van der Waals surface area contributed by atoms with Crippen LogP contribution in [0, 0.1) is 0 Å². The van der Waals surface area contributed by atoms with Crippen LogP contribution in [0.1, 0.15) is 17.3 Å². The fourth-order valence-electron chi connectivity index (χ4n) is 1.57. The molecule has 1 N–H and O–H groups in total. The van der Waals surface area contributed by atoms with Gasteiger partial charge >= 0.3 is 0 Å². The van der Waals surface area contributed by atoms with Gasteiger partial charge in [0, 0.05) is 19.3 Å². The highest BCUT2D eigenvalue weighted by Crippen LogP contribution is 2.27. The maximum absolute atomic E-state index is 11.6. The number of ether oxygens (including phenoxy) is 1. The molecule has 0 unspecified atom stereocenters. The number of aromatic nitrogens is 2. The Morgan fingerprint density at radius 2 is 2.19 bits per heavy atom. The first-order valence-corrected chi connectivity index (χ1v) is 4.70. The smallest absolute Gasteiger partial charge is 0.230 e. The van der Waals surface area contributed by atoms with Gasteiger partial charge in [0.05, 0.1) is 18.1 Å². The standard InChI is InChI=1S/C11H10N2O3/c1-6(14)10(15)7-5-13-11-9(7)8(16-2)3-4-12-11/h3-5H,1-2H3,(H,12,13). The summed E-state index contributed by atoms with van der Waals surface area (Å²) in [6, 6.07) is 1.65. The number of hydrogen-bond donors (Lipinski definition) is 1. The van der Waals surface area contributed by atoms with Gasteiger partial charge in [-0.15, -0.1) is 0 Å². The number of hydrogen-bond acceptors (Lipinski definition) is 4. The number of ketones is 2. The first-order valence-electron chi connectivity index (χ1n) is 4.70. The second-order valence-electron chi connectivity index (χ2n) is 3.32. The Morgan fingerprint density at radius 3 is 2.81 bits per heavy atom. The molecular formula is C11H10N2O3. The highest BCUT2D eigenvalue weighted by molar-refractivity contribution is 6.45. The molecule has 0 aliphatic carbocycles. The van der Waals surface area contributed by atoms with Crippen molar-refractivity contribution in [3.63, 3.8) is 0 Å². The first kappa shape index (κ1) is 10.4. The van der Waals surface area contributed by atoms with Crippen LogP contribution in [-0.2, 0) is 4.79 Å². The molecule has 0 aliphatic rings. The number of Topliss-reactive ketones (excluding diaryl/α,β-unsaturated/α-hetero) is 2. The Kier molecular flexibility index (Phi) is 2.44. The maximum Gasteiger partial charge on any atom is 0.230 e. The predicted octanol–water partition coefficient (Wildman–Crippen LogP) is 1.34. The summed E-state index contributed by atoms with van der Waals surface area (Å²) in [5, 5.41) is 0.546. The van der Waals surface area contributed by atoms with Gasteiger partial charge in [-0.3, -0.25) is 9.59 Å². The lowest BCUT2D eigenvalue weighted by Gasteiger charge is -2.02. The summed E-state index contributed by atoms with van der Waals surface area (Å²) in [5.41, 5.74) is 0.830. The van der Waals surface area contributed by atoms with E-state index in [1.54, 1.807) is 12.3 Å². The number of carbonyl (C=O) groups is 2. The van der Waals surface area contributed by atoms with Gasteiger partial charge in [-0.25, -0.2) is 4.98 Å². The number of rotatable bonds is 3. The van der Waals surface area contributed by atoms with Crippen molar-refractivity contribution in [1.29, 1.82) is 0 Å². The Balaban J connectivity index is 2.72. The second kappa shape index (κ2) is 3.77. The third-order valence-electron chi connectivity index (χ3n) is 2.32. The van der Waals surface area contributed by atoms with Crippen molar-refractivity contribution in [3.05, 3.63) is 24.0 Å². The summed E-state index contributed by atoms with van der Waals surface area (Å²) in [5.74, 6) is -0.528. The number of methoxy groups -OCH3 is 1. The molecule has 82 valence electrons. The third kappa shape index (κ3) is 1.46. The molecular weight excluding hydrogens is 208 g/mol. The van der Waals surface area contributed by atoms with Crippen LogP contribution >= 0.6 is 0 Å². The second-order valence-corrected chi connectivity index (χ2v) is 3.32. The molecule has 5 nitrogen and oxygen atoms in total. The van der Waals surface area contributed by atoms with Crippen LogP contribution < -0.4 is 4.74 Å². The van der Waals surface area contributed by atoms with Gasteiger partial charge in [0.1, 0.15) is 11.4 Å². The molecule has 2 rings (SSSR count). The molecule has 0 spiro atoms. The summed E-state index contributed by atoms with van der Waals surface area (Å²) < 4.78 is 5.13. The van der Waals surface area contributed by atoms with Gasteiger partial charge < -0.3 is 9.72 Å². The van der Waals surface area contributed by atoms with Crippen molar-refractivity contribution < 1.29 is 14.3 Å². The zero-order chi connectivity index (χ0) is 11.7. The maximum atomic E-state index is 11.6. The number of nitrogens with one attached hydrogen (secondary N) is 1. The Bertz CT molecular complexity index is 572. The SMILES string of the molecule is COc1ccnc2[nH]cc(C(=O)C(C)=O)c12. The highest BCUT2D eigenvalue weighted by Gasteiger charge is 2.19. The molecule has 0 aliphatic heterocycles. The van der Waals surface area contributed by atoms with E-state index in [0.29, 0.717) is 22.3 Å². The van der Waals surface area contributed by atoms with Crippen molar-refractivity contribution >= 4 is 22.6 Å². The molecule has 0 amide bonds. The number of pyridine rings is 1. The molecule has 0 saturated carbocycles. The Hall–Kier alpha value is -2.17. The van der Waals surface area contributed by atoms with Gasteiger partial charge in [0.2, 0.25) is 5.78 Å². The van der Waals surface area contributed by atoms with Crippen molar-refractivity contribution in [2.45, 2.75) is 6.92 Å². The van der Waals surface area contributed by atoms with Crippen LogP contribution in [0.5, 0.6) is 5.75 Å². The summed E-state index contributed by atoms with van der Waals surface area (Å²) in [6.45, 7) is 1.24. The van der Waals surface area contributed by atoms with Crippen molar-refractivity contribution in [2.24, 2.45) is 0 Å². The number of aromatic amines is 1. The largest absolute Gasteiger partial charge is 0.496 e. The van der Waals surface area contributed by atoms with E-state index in [9.17, 15) is 9.59 Å². The van der Waals surface area contributed by atoms with Gasteiger partial charge in [0.25, 0.3) is 0 Å². The van der Waals surface area contributed by atoms with Gasteiger partial charge in [-0.1, -0.05) is 0 Å². The van der Waals surface area contributed by atoms with E-state index in [0.717, 1.165) is 0 Å². The fraction of sp³-hybridized carbons (Fsp3) is 0.182. The van der Waals surface area contributed by atoms with Crippen LogP contribution in [0.25, 0.3) is 11.0 Å². The molecule has 2 heterocycles. The quantitative estimate of drug-likeness (QED) is 0.623. The molecule has 0 radical (unpaired) electrons. The third-order valence-corrected chi connectivity index (χ3v) is 2.32. The normalized spacial score (nSPS) is 10.4. The first-order chi connectivity index (χ1) is 7.65. The lowest BCUT2D eigenvalue weighted by Crippen LogP contribution is -2.09. The average Bonchev–Trinajstić information content (AvgIpc) is 2.71. The highest BCUT2D eigenvalue weighted by atomic mass is 16.5. The fourth-order valence-corrected chi connectivity index (χ4v) is 1.57. The minimum absolute atomic E-state index is 0.299. The van der Waals surface area contributed by atoms with E-state index in [4.69, 9.17) is 4.74 Å².